The van der Waals surface area contributed by atoms with Crippen LogP contribution in [-0.2, 0) is 20.7 Å². The van der Waals surface area contributed by atoms with Gasteiger partial charge in [0, 0.05) is 38.3 Å². The molecule has 1 atom stereocenters. The number of amides is 2. The molecule has 6 nitrogen and oxygen atoms in total. The van der Waals surface area contributed by atoms with E-state index in [1.165, 1.54) is 0 Å². The maximum Gasteiger partial charge on any atom is 0.251 e. The average molecular weight is 346 g/mol. The zero-order valence-electron chi connectivity index (χ0n) is 14.8. The van der Waals surface area contributed by atoms with Gasteiger partial charge < -0.3 is 19.3 Å². The molecule has 1 aromatic carbocycles. The van der Waals surface area contributed by atoms with Crippen molar-refractivity contribution in [3.05, 3.63) is 29.8 Å². The van der Waals surface area contributed by atoms with Crippen LogP contribution < -0.4 is 4.74 Å². The Bertz CT molecular complexity index is 613. The van der Waals surface area contributed by atoms with Gasteiger partial charge in [-0.3, -0.25) is 9.59 Å². The van der Waals surface area contributed by atoms with Crippen molar-refractivity contribution in [2.24, 2.45) is 0 Å². The molecule has 0 aliphatic carbocycles. The van der Waals surface area contributed by atoms with E-state index >= 15 is 0 Å². The minimum atomic E-state index is -0.282. The lowest BCUT2D eigenvalue weighted by Gasteiger charge is -2.24. The van der Waals surface area contributed by atoms with Crippen LogP contribution in [-0.4, -0.2) is 67.6 Å². The molecule has 0 radical (unpaired) electrons. The number of ether oxygens (including phenoxy) is 2. The Labute approximate surface area is 148 Å². The second-order valence-electron chi connectivity index (χ2n) is 6.55. The van der Waals surface area contributed by atoms with Crippen molar-refractivity contribution in [3.8, 4) is 5.75 Å². The molecule has 0 N–H and O–H groups in total. The van der Waals surface area contributed by atoms with E-state index in [9.17, 15) is 9.59 Å². The van der Waals surface area contributed by atoms with E-state index in [1.54, 1.807) is 7.11 Å². The smallest absolute Gasteiger partial charge is 0.251 e. The van der Waals surface area contributed by atoms with Gasteiger partial charge in [0.15, 0.2) is 0 Å². The van der Waals surface area contributed by atoms with E-state index in [0.29, 0.717) is 39.2 Å². The number of carbonyl (C=O) groups is 2. The maximum atomic E-state index is 12.7. The number of hydrogen-bond donors (Lipinski definition) is 0. The first kappa shape index (κ1) is 17.7. The highest BCUT2D eigenvalue weighted by atomic mass is 16.5. The third-order valence-corrected chi connectivity index (χ3v) is 4.90. The lowest BCUT2D eigenvalue weighted by atomic mass is 10.1. The van der Waals surface area contributed by atoms with Crippen LogP contribution in [0, 0.1) is 0 Å². The number of carbonyl (C=O) groups excluding carboxylic acids is 2. The molecule has 2 heterocycles. The summed E-state index contributed by atoms with van der Waals surface area (Å²) in [6, 6.07) is 7.59. The normalized spacial score (nSPS) is 21.1. The van der Waals surface area contributed by atoms with Crippen molar-refractivity contribution in [2.75, 3.05) is 39.9 Å². The average Bonchev–Trinajstić information content (AvgIpc) is 3.06. The summed E-state index contributed by atoms with van der Waals surface area (Å²) >= 11 is 0. The van der Waals surface area contributed by atoms with Gasteiger partial charge in [0.2, 0.25) is 5.91 Å². The SMILES string of the molecule is COc1ccccc1CC(=O)N1CCCN(C(=O)C2CCCO2)CC1. The first-order valence-electron chi connectivity index (χ1n) is 8.99. The van der Waals surface area contributed by atoms with Crippen molar-refractivity contribution >= 4 is 11.8 Å². The monoisotopic (exact) mass is 346 g/mol. The predicted octanol–water partition coefficient (Wildman–Crippen LogP) is 1.48. The Morgan fingerprint density at radius 1 is 1.12 bits per heavy atom. The second kappa shape index (κ2) is 8.34. The predicted molar refractivity (Wildman–Crippen MR) is 93.4 cm³/mol. The molecule has 2 saturated heterocycles. The van der Waals surface area contributed by atoms with Crippen LogP contribution in [0.25, 0.3) is 0 Å². The second-order valence-corrected chi connectivity index (χ2v) is 6.55. The number of nitrogens with zero attached hydrogens (tertiary/aromatic N) is 2. The molecule has 2 amide bonds. The van der Waals surface area contributed by atoms with Crippen LogP contribution in [0.4, 0.5) is 0 Å². The molecule has 2 fully saturated rings. The van der Waals surface area contributed by atoms with Gasteiger partial charge in [-0.1, -0.05) is 18.2 Å². The van der Waals surface area contributed by atoms with Crippen molar-refractivity contribution in [3.63, 3.8) is 0 Å². The lowest BCUT2D eigenvalue weighted by Crippen LogP contribution is -2.42. The Hall–Kier alpha value is -2.08. The summed E-state index contributed by atoms with van der Waals surface area (Å²) in [4.78, 5) is 28.9. The topological polar surface area (TPSA) is 59.1 Å². The van der Waals surface area contributed by atoms with Gasteiger partial charge in [0.25, 0.3) is 5.91 Å². The summed E-state index contributed by atoms with van der Waals surface area (Å²) in [7, 11) is 1.61. The van der Waals surface area contributed by atoms with Gasteiger partial charge in [-0.25, -0.2) is 0 Å². The molecular weight excluding hydrogens is 320 g/mol. The van der Waals surface area contributed by atoms with Gasteiger partial charge >= 0.3 is 0 Å². The van der Waals surface area contributed by atoms with E-state index in [0.717, 1.165) is 30.6 Å². The molecular formula is C19H26N2O4. The third kappa shape index (κ3) is 4.31. The first-order chi connectivity index (χ1) is 12.2. The summed E-state index contributed by atoms with van der Waals surface area (Å²) in [5, 5.41) is 0. The van der Waals surface area contributed by atoms with Gasteiger partial charge in [0.1, 0.15) is 11.9 Å². The van der Waals surface area contributed by atoms with Crippen LogP contribution in [0.1, 0.15) is 24.8 Å². The first-order valence-corrected chi connectivity index (χ1v) is 8.99. The highest BCUT2D eigenvalue weighted by Crippen LogP contribution is 2.20. The fourth-order valence-corrected chi connectivity index (χ4v) is 3.49. The lowest BCUT2D eigenvalue weighted by molar-refractivity contribution is -0.141. The molecule has 2 aliphatic rings. The quantitative estimate of drug-likeness (QED) is 0.829. The molecule has 0 aromatic heterocycles. The number of rotatable bonds is 4. The van der Waals surface area contributed by atoms with Gasteiger partial charge in [-0.15, -0.1) is 0 Å². The summed E-state index contributed by atoms with van der Waals surface area (Å²) in [5.74, 6) is 0.897. The standard InChI is InChI=1S/C19H26N2O4/c1-24-16-7-3-2-6-15(16)14-18(22)20-9-5-10-21(12-11-20)19(23)17-8-4-13-25-17/h2-3,6-7,17H,4-5,8-14H2,1H3. The molecule has 0 saturated carbocycles. The zero-order chi connectivity index (χ0) is 17.6. The van der Waals surface area contributed by atoms with Crippen molar-refractivity contribution in [2.45, 2.75) is 31.8 Å². The Morgan fingerprint density at radius 3 is 2.64 bits per heavy atom. The molecule has 0 spiro atoms. The van der Waals surface area contributed by atoms with E-state index < -0.39 is 0 Å². The molecule has 136 valence electrons. The van der Waals surface area contributed by atoms with Crippen LogP contribution >= 0.6 is 0 Å². The van der Waals surface area contributed by atoms with E-state index in [1.807, 2.05) is 34.1 Å². The van der Waals surface area contributed by atoms with Gasteiger partial charge in [-0.2, -0.15) is 0 Å². The zero-order valence-corrected chi connectivity index (χ0v) is 14.8. The van der Waals surface area contributed by atoms with E-state index in [4.69, 9.17) is 9.47 Å². The fraction of sp³-hybridized carbons (Fsp3) is 0.579. The van der Waals surface area contributed by atoms with Crippen molar-refractivity contribution in [1.29, 1.82) is 0 Å². The van der Waals surface area contributed by atoms with Crippen LogP contribution in [0.2, 0.25) is 0 Å². The summed E-state index contributed by atoms with van der Waals surface area (Å²) in [6.45, 7) is 3.21. The maximum absolute atomic E-state index is 12.7. The summed E-state index contributed by atoms with van der Waals surface area (Å²) < 4.78 is 10.8. The van der Waals surface area contributed by atoms with Crippen molar-refractivity contribution in [1.82, 2.24) is 9.80 Å². The van der Waals surface area contributed by atoms with Crippen LogP contribution in [0.5, 0.6) is 5.75 Å². The van der Waals surface area contributed by atoms with Crippen molar-refractivity contribution < 1.29 is 19.1 Å². The van der Waals surface area contributed by atoms with Gasteiger partial charge in [0.05, 0.1) is 13.5 Å². The number of hydrogen-bond acceptors (Lipinski definition) is 4. The molecule has 6 heteroatoms. The largest absolute Gasteiger partial charge is 0.496 e. The fourth-order valence-electron chi connectivity index (χ4n) is 3.49. The van der Waals surface area contributed by atoms with Gasteiger partial charge in [-0.05, 0) is 25.3 Å². The minimum Gasteiger partial charge on any atom is -0.496 e. The Morgan fingerprint density at radius 2 is 1.88 bits per heavy atom. The minimum absolute atomic E-state index is 0.0796. The summed E-state index contributed by atoms with van der Waals surface area (Å²) in [5.41, 5.74) is 0.895. The highest BCUT2D eigenvalue weighted by Gasteiger charge is 2.30. The van der Waals surface area contributed by atoms with E-state index in [-0.39, 0.29) is 17.9 Å². The molecule has 0 bridgehead atoms. The summed E-state index contributed by atoms with van der Waals surface area (Å²) in [6.07, 6.45) is 2.61. The number of methoxy groups -OCH3 is 1. The highest BCUT2D eigenvalue weighted by molar-refractivity contribution is 5.82. The molecule has 1 aromatic rings. The number of benzene rings is 1. The number of para-hydroxylation sites is 1. The Balaban J connectivity index is 1.57. The molecule has 1 unspecified atom stereocenters. The van der Waals surface area contributed by atoms with Crippen LogP contribution in [0.15, 0.2) is 24.3 Å². The molecule has 2 aliphatic heterocycles. The third-order valence-electron chi connectivity index (χ3n) is 4.90. The molecule has 25 heavy (non-hydrogen) atoms. The Kier molecular flexibility index (Phi) is 5.91. The van der Waals surface area contributed by atoms with Crippen LogP contribution in [0.3, 0.4) is 0 Å². The molecule has 3 rings (SSSR count). The van der Waals surface area contributed by atoms with E-state index in [2.05, 4.69) is 0 Å².